The van der Waals surface area contributed by atoms with Gasteiger partial charge in [-0.05, 0) is 50.6 Å². The van der Waals surface area contributed by atoms with Gasteiger partial charge < -0.3 is 16.0 Å². The summed E-state index contributed by atoms with van der Waals surface area (Å²) < 4.78 is 0. The third kappa shape index (κ3) is 3.85. The van der Waals surface area contributed by atoms with Crippen LogP contribution in [0.3, 0.4) is 0 Å². The summed E-state index contributed by atoms with van der Waals surface area (Å²) in [5.41, 5.74) is 1.47. The van der Waals surface area contributed by atoms with E-state index in [0.29, 0.717) is 16.6 Å². The zero-order valence-corrected chi connectivity index (χ0v) is 11.9. The molecule has 1 heterocycles. The summed E-state index contributed by atoms with van der Waals surface area (Å²) in [6.07, 6.45) is 3.35. The van der Waals surface area contributed by atoms with Crippen molar-refractivity contribution in [3.63, 3.8) is 0 Å². The maximum absolute atomic E-state index is 11.6. The topological polar surface area (TPSA) is 53.2 Å². The average molecular weight is 282 g/mol. The van der Waals surface area contributed by atoms with Gasteiger partial charge in [0.25, 0.3) is 5.91 Å². The van der Waals surface area contributed by atoms with Crippen LogP contribution in [0.4, 0.5) is 5.69 Å². The van der Waals surface area contributed by atoms with Crippen molar-refractivity contribution in [1.82, 2.24) is 10.6 Å². The summed E-state index contributed by atoms with van der Waals surface area (Å²) in [7, 11) is 1.63. The second-order valence-corrected chi connectivity index (χ2v) is 5.20. The molecule has 1 aromatic carbocycles. The van der Waals surface area contributed by atoms with E-state index in [0.717, 1.165) is 38.0 Å². The monoisotopic (exact) mass is 281 g/mol. The van der Waals surface area contributed by atoms with Crippen LogP contribution in [0.1, 0.15) is 29.6 Å². The second-order valence-electron chi connectivity index (χ2n) is 4.80. The van der Waals surface area contributed by atoms with Gasteiger partial charge >= 0.3 is 0 Å². The number of amides is 1. The minimum absolute atomic E-state index is 0.0951. The molecular formula is C14H20ClN3O. The minimum Gasteiger partial charge on any atom is -0.381 e. The lowest BCUT2D eigenvalue weighted by atomic mass is 10.1. The smallest absolute Gasteiger partial charge is 0.251 e. The van der Waals surface area contributed by atoms with Crippen molar-refractivity contribution in [2.24, 2.45) is 0 Å². The molecule has 1 aliphatic heterocycles. The molecular weight excluding hydrogens is 262 g/mol. The Kier molecular flexibility index (Phi) is 5.05. The molecule has 5 heteroatoms. The number of hydrogen-bond acceptors (Lipinski definition) is 3. The summed E-state index contributed by atoms with van der Waals surface area (Å²) in [5.74, 6) is -0.0951. The Balaban J connectivity index is 2.11. The van der Waals surface area contributed by atoms with Crippen molar-refractivity contribution < 1.29 is 4.79 Å². The molecule has 104 valence electrons. The van der Waals surface area contributed by atoms with Gasteiger partial charge in [0.15, 0.2) is 0 Å². The van der Waals surface area contributed by atoms with Gasteiger partial charge in [0.2, 0.25) is 0 Å². The van der Waals surface area contributed by atoms with E-state index >= 15 is 0 Å². The summed E-state index contributed by atoms with van der Waals surface area (Å²) >= 11 is 6.19. The molecule has 0 saturated carbocycles. The van der Waals surface area contributed by atoms with E-state index in [2.05, 4.69) is 16.0 Å². The average Bonchev–Trinajstić information content (AvgIpc) is 2.69. The highest BCUT2D eigenvalue weighted by atomic mass is 35.5. The number of carbonyl (C=O) groups excluding carboxylic acids is 1. The zero-order valence-electron chi connectivity index (χ0n) is 11.1. The van der Waals surface area contributed by atoms with Crippen molar-refractivity contribution in [3.05, 3.63) is 28.8 Å². The number of carbonyl (C=O) groups is 1. The maximum atomic E-state index is 11.6. The van der Waals surface area contributed by atoms with Gasteiger partial charge in [0, 0.05) is 18.7 Å². The van der Waals surface area contributed by atoms with Crippen LogP contribution < -0.4 is 16.0 Å². The van der Waals surface area contributed by atoms with Crippen molar-refractivity contribution in [1.29, 1.82) is 0 Å². The third-order valence-corrected chi connectivity index (χ3v) is 3.72. The first kappa shape index (κ1) is 14.2. The lowest BCUT2D eigenvalue weighted by Crippen LogP contribution is -2.22. The number of halogens is 1. The van der Waals surface area contributed by atoms with Crippen LogP contribution in [-0.2, 0) is 0 Å². The first-order valence-electron chi connectivity index (χ1n) is 6.69. The molecule has 1 amide bonds. The van der Waals surface area contributed by atoms with Gasteiger partial charge in [-0.1, -0.05) is 11.6 Å². The highest BCUT2D eigenvalue weighted by Gasteiger charge is 2.14. The summed E-state index contributed by atoms with van der Waals surface area (Å²) in [6, 6.07) is 5.73. The minimum atomic E-state index is -0.0951. The molecule has 1 aromatic rings. The highest BCUT2D eigenvalue weighted by molar-refractivity contribution is 6.33. The van der Waals surface area contributed by atoms with Gasteiger partial charge in [-0.2, -0.15) is 0 Å². The molecule has 3 N–H and O–H groups in total. The van der Waals surface area contributed by atoms with E-state index in [1.54, 1.807) is 19.2 Å². The molecule has 0 aromatic heterocycles. The SMILES string of the molecule is CNC(=O)c1ccc(Cl)c(NC2CCCNCC2)c1. The van der Waals surface area contributed by atoms with E-state index in [1.165, 1.54) is 0 Å². The van der Waals surface area contributed by atoms with E-state index in [-0.39, 0.29) is 5.91 Å². The van der Waals surface area contributed by atoms with Crippen molar-refractivity contribution >= 4 is 23.2 Å². The number of hydrogen-bond donors (Lipinski definition) is 3. The molecule has 1 atom stereocenters. The summed E-state index contributed by atoms with van der Waals surface area (Å²) in [6.45, 7) is 2.09. The number of anilines is 1. The molecule has 1 fully saturated rings. The zero-order chi connectivity index (χ0) is 13.7. The van der Waals surface area contributed by atoms with Gasteiger partial charge in [0.1, 0.15) is 0 Å². The van der Waals surface area contributed by atoms with Crippen LogP contribution in [-0.4, -0.2) is 32.1 Å². The van der Waals surface area contributed by atoms with Gasteiger partial charge in [-0.15, -0.1) is 0 Å². The molecule has 0 spiro atoms. The number of rotatable bonds is 3. The van der Waals surface area contributed by atoms with Crippen molar-refractivity contribution in [2.45, 2.75) is 25.3 Å². The van der Waals surface area contributed by atoms with Crippen LogP contribution in [0.5, 0.6) is 0 Å². The molecule has 1 saturated heterocycles. The molecule has 4 nitrogen and oxygen atoms in total. The first-order valence-corrected chi connectivity index (χ1v) is 7.07. The highest BCUT2D eigenvalue weighted by Crippen LogP contribution is 2.25. The molecule has 19 heavy (non-hydrogen) atoms. The van der Waals surface area contributed by atoms with E-state index in [1.807, 2.05) is 6.07 Å². The lowest BCUT2D eigenvalue weighted by Gasteiger charge is -2.19. The van der Waals surface area contributed by atoms with E-state index in [4.69, 9.17) is 11.6 Å². The second kappa shape index (κ2) is 6.78. The fourth-order valence-electron chi connectivity index (χ4n) is 2.30. The fourth-order valence-corrected chi connectivity index (χ4v) is 2.48. The molecule has 0 radical (unpaired) electrons. The molecule has 1 aliphatic rings. The number of benzene rings is 1. The van der Waals surface area contributed by atoms with Gasteiger partial charge in [0.05, 0.1) is 10.7 Å². The van der Waals surface area contributed by atoms with Crippen molar-refractivity contribution in [2.75, 3.05) is 25.5 Å². The first-order chi connectivity index (χ1) is 9.20. The molecule has 1 unspecified atom stereocenters. The lowest BCUT2D eigenvalue weighted by molar-refractivity contribution is 0.0963. The van der Waals surface area contributed by atoms with E-state index < -0.39 is 0 Å². The predicted molar refractivity (Wildman–Crippen MR) is 79.0 cm³/mol. The molecule has 2 rings (SSSR count). The van der Waals surface area contributed by atoms with Gasteiger partial charge in [-0.3, -0.25) is 4.79 Å². The van der Waals surface area contributed by atoms with Gasteiger partial charge in [-0.25, -0.2) is 0 Å². The van der Waals surface area contributed by atoms with Crippen LogP contribution in [0, 0.1) is 0 Å². The molecule has 0 bridgehead atoms. The van der Waals surface area contributed by atoms with Crippen LogP contribution in [0.2, 0.25) is 5.02 Å². The maximum Gasteiger partial charge on any atom is 0.251 e. The van der Waals surface area contributed by atoms with Crippen LogP contribution >= 0.6 is 11.6 Å². The Morgan fingerprint density at radius 3 is 3.00 bits per heavy atom. The van der Waals surface area contributed by atoms with Crippen LogP contribution in [0.25, 0.3) is 0 Å². The Bertz CT molecular complexity index is 442. The number of nitrogens with one attached hydrogen (secondary N) is 3. The quantitative estimate of drug-likeness (QED) is 0.797. The third-order valence-electron chi connectivity index (χ3n) is 3.39. The standard InChI is InChI=1S/C14H20ClN3O/c1-16-14(19)10-4-5-12(15)13(9-10)18-11-3-2-7-17-8-6-11/h4-5,9,11,17-18H,2-3,6-8H2,1H3,(H,16,19). The van der Waals surface area contributed by atoms with Crippen molar-refractivity contribution in [3.8, 4) is 0 Å². The van der Waals surface area contributed by atoms with Crippen LogP contribution in [0.15, 0.2) is 18.2 Å². The molecule has 0 aliphatic carbocycles. The Morgan fingerprint density at radius 2 is 2.21 bits per heavy atom. The Hall–Kier alpha value is -1.26. The van der Waals surface area contributed by atoms with E-state index in [9.17, 15) is 4.79 Å². The normalized spacial score (nSPS) is 19.6. The summed E-state index contributed by atoms with van der Waals surface area (Å²) in [4.78, 5) is 11.6. The largest absolute Gasteiger partial charge is 0.381 e. The predicted octanol–water partition coefficient (Wildman–Crippen LogP) is 2.25. The Morgan fingerprint density at radius 1 is 1.37 bits per heavy atom. The summed E-state index contributed by atoms with van der Waals surface area (Å²) in [5, 5.41) is 10.1. The fraction of sp³-hybridized carbons (Fsp3) is 0.500. The Labute approximate surface area is 118 Å².